The summed E-state index contributed by atoms with van der Waals surface area (Å²) in [6, 6.07) is 5.73. The van der Waals surface area contributed by atoms with E-state index in [1.807, 2.05) is 11.0 Å². The van der Waals surface area contributed by atoms with Gasteiger partial charge in [-0.3, -0.25) is 4.79 Å². The molecule has 1 fully saturated rings. The zero-order valence-electron chi connectivity index (χ0n) is 11.5. The Morgan fingerprint density at radius 3 is 2.75 bits per heavy atom. The first-order chi connectivity index (χ1) is 9.63. The molecule has 2 rings (SSSR count). The van der Waals surface area contributed by atoms with Crippen molar-refractivity contribution in [3.05, 3.63) is 29.6 Å². The number of anilines is 1. The Morgan fingerprint density at radius 2 is 2.10 bits per heavy atom. The molecule has 1 aliphatic heterocycles. The molecule has 1 amide bonds. The second kappa shape index (κ2) is 6.38. The molecule has 0 radical (unpaired) electrons. The molecule has 1 aliphatic rings. The van der Waals surface area contributed by atoms with Crippen LogP contribution in [-0.2, 0) is 4.79 Å². The molecule has 106 valence electrons. The van der Waals surface area contributed by atoms with Crippen LogP contribution in [-0.4, -0.2) is 29.9 Å². The lowest BCUT2D eigenvalue weighted by Crippen LogP contribution is -2.44. The van der Waals surface area contributed by atoms with Gasteiger partial charge in [0, 0.05) is 13.1 Å². The van der Waals surface area contributed by atoms with Crippen LogP contribution in [0.2, 0.25) is 0 Å². The van der Waals surface area contributed by atoms with Gasteiger partial charge in [0.2, 0.25) is 5.91 Å². The Bertz CT molecular complexity index is 532. The number of hydrogen-bond acceptors (Lipinski definition) is 3. The highest BCUT2D eigenvalue weighted by Crippen LogP contribution is 2.19. The fourth-order valence-electron chi connectivity index (χ4n) is 2.44. The van der Waals surface area contributed by atoms with Crippen LogP contribution < -0.4 is 5.32 Å². The Morgan fingerprint density at radius 1 is 1.40 bits per heavy atom. The van der Waals surface area contributed by atoms with Gasteiger partial charge in [0.25, 0.3) is 0 Å². The SMILES string of the molecule is CC(Nc1cccc(F)c1C#N)C(=O)N1CCCCC1. The summed E-state index contributed by atoms with van der Waals surface area (Å²) in [4.78, 5) is 14.1. The molecule has 0 aromatic heterocycles. The molecule has 1 atom stereocenters. The molecule has 1 aromatic carbocycles. The van der Waals surface area contributed by atoms with E-state index in [2.05, 4.69) is 5.32 Å². The van der Waals surface area contributed by atoms with Crippen molar-refractivity contribution in [3.63, 3.8) is 0 Å². The molecule has 0 saturated carbocycles. The van der Waals surface area contributed by atoms with Crippen LogP contribution in [0.15, 0.2) is 18.2 Å². The zero-order chi connectivity index (χ0) is 14.5. The molecule has 1 unspecified atom stereocenters. The number of carbonyl (C=O) groups excluding carboxylic acids is 1. The van der Waals surface area contributed by atoms with Gasteiger partial charge >= 0.3 is 0 Å². The van der Waals surface area contributed by atoms with E-state index in [0.717, 1.165) is 32.4 Å². The summed E-state index contributed by atoms with van der Waals surface area (Å²) in [5, 5.41) is 11.9. The van der Waals surface area contributed by atoms with Crippen molar-refractivity contribution in [2.24, 2.45) is 0 Å². The minimum Gasteiger partial charge on any atom is -0.373 e. The highest BCUT2D eigenvalue weighted by atomic mass is 19.1. The Labute approximate surface area is 118 Å². The van der Waals surface area contributed by atoms with Crippen LogP contribution in [0.25, 0.3) is 0 Å². The topological polar surface area (TPSA) is 56.1 Å². The number of carbonyl (C=O) groups is 1. The van der Waals surface area contributed by atoms with Gasteiger partial charge in [0.1, 0.15) is 23.5 Å². The average Bonchev–Trinajstić information content (AvgIpc) is 2.47. The number of benzene rings is 1. The summed E-state index contributed by atoms with van der Waals surface area (Å²) in [5.41, 5.74) is 0.316. The summed E-state index contributed by atoms with van der Waals surface area (Å²) in [7, 11) is 0. The summed E-state index contributed by atoms with van der Waals surface area (Å²) in [6.45, 7) is 3.29. The fraction of sp³-hybridized carbons (Fsp3) is 0.467. The standard InChI is InChI=1S/C15H18FN3O/c1-11(15(20)19-8-3-2-4-9-19)18-14-7-5-6-13(16)12(14)10-17/h5-7,11,18H,2-4,8-9H2,1H3. The molecule has 0 aliphatic carbocycles. The lowest BCUT2D eigenvalue weighted by molar-refractivity contribution is -0.132. The summed E-state index contributed by atoms with van der Waals surface area (Å²) < 4.78 is 13.5. The van der Waals surface area contributed by atoms with Crippen LogP contribution in [0.4, 0.5) is 10.1 Å². The monoisotopic (exact) mass is 275 g/mol. The van der Waals surface area contributed by atoms with E-state index in [1.54, 1.807) is 13.0 Å². The van der Waals surface area contributed by atoms with E-state index in [4.69, 9.17) is 5.26 Å². The molecule has 20 heavy (non-hydrogen) atoms. The third-order valence-corrected chi connectivity index (χ3v) is 3.54. The van der Waals surface area contributed by atoms with Gasteiger partial charge in [-0.15, -0.1) is 0 Å². The van der Waals surface area contributed by atoms with Crippen LogP contribution in [0.5, 0.6) is 0 Å². The van der Waals surface area contributed by atoms with Gasteiger partial charge in [0.05, 0.1) is 5.69 Å². The normalized spacial score (nSPS) is 16.4. The van der Waals surface area contributed by atoms with Crippen molar-refractivity contribution in [1.82, 2.24) is 4.90 Å². The van der Waals surface area contributed by atoms with Gasteiger partial charge in [-0.05, 0) is 38.3 Å². The van der Waals surface area contributed by atoms with Gasteiger partial charge in [0.15, 0.2) is 0 Å². The number of nitrogens with one attached hydrogen (secondary N) is 1. The second-order valence-electron chi connectivity index (χ2n) is 5.03. The van der Waals surface area contributed by atoms with Gasteiger partial charge in [-0.1, -0.05) is 6.07 Å². The van der Waals surface area contributed by atoms with Crippen LogP contribution in [0.3, 0.4) is 0 Å². The minimum absolute atomic E-state index is 0.00199. The largest absolute Gasteiger partial charge is 0.373 e. The van der Waals surface area contributed by atoms with Crippen molar-refractivity contribution in [2.45, 2.75) is 32.2 Å². The van der Waals surface area contributed by atoms with Gasteiger partial charge in [-0.2, -0.15) is 5.26 Å². The first-order valence-electron chi connectivity index (χ1n) is 6.87. The molecule has 1 heterocycles. The summed E-state index contributed by atoms with van der Waals surface area (Å²) in [6.07, 6.45) is 3.22. The minimum atomic E-state index is -0.574. The predicted molar refractivity (Wildman–Crippen MR) is 74.6 cm³/mol. The molecule has 5 heteroatoms. The number of hydrogen-bond donors (Lipinski definition) is 1. The van der Waals surface area contributed by atoms with Gasteiger partial charge in [-0.25, -0.2) is 4.39 Å². The zero-order valence-corrected chi connectivity index (χ0v) is 11.5. The number of piperidine rings is 1. The highest BCUT2D eigenvalue weighted by molar-refractivity contribution is 5.84. The van der Waals surface area contributed by atoms with Crippen LogP contribution in [0.1, 0.15) is 31.7 Å². The van der Waals surface area contributed by atoms with Crippen molar-refractivity contribution in [3.8, 4) is 6.07 Å². The molecule has 0 spiro atoms. The number of amides is 1. The van der Waals surface area contributed by atoms with Crippen molar-refractivity contribution >= 4 is 11.6 Å². The summed E-state index contributed by atoms with van der Waals surface area (Å²) in [5.74, 6) is -0.576. The molecular formula is C15H18FN3O. The van der Waals surface area contributed by atoms with E-state index in [-0.39, 0.29) is 11.5 Å². The van der Waals surface area contributed by atoms with E-state index in [1.165, 1.54) is 12.1 Å². The quantitative estimate of drug-likeness (QED) is 0.922. The van der Waals surface area contributed by atoms with E-state index < -0.39 is 11.9 Å². The van der Waals surface area contributed by atoms with Crippen LogP contribution in [0, 0.1) is 17.1 Å². The Hall–Kier alpha value is -2.09. The first kappa shape index (κ1) is 14.3. The molecule has 4 nitrogen and oxygen atoms in total. The number of nitrogens with zero attached hydrogens (tertiary/aromatic N) is 2. The number of nitriles is 1. The molecule has 1 saturated heterocycles. The van der Waals surface area contributed by atoms with Crippen molar-refractivity contribution < 1.29 is 9.18 Å². The maximum absolute atomic E-state index is 13.5. The highest BCUT2D eigenvalue weighted by Gasteiger charge is 2.22. The molecule has 1 aromatic rings. The maximum atomic E-state index is 13.5. The average molecular weight is 275 g/mol. The molecule has 0 bridgehead atoms. The van der Waals surface area contributed by atoms with Crippen LogP contribution >= 0.6 is 0 Å². The van der Waals surface area contributed by atoms with E-state index >= 15 is 0 Å². The third-order valence-electron chi connectivity index (χ3n) is 3.54. The predicted octanol–water partition coefficient (Wildman–Crippen LogP) is 2.51. The third kappa shape index (κ3) is 3.08. The lowest BCUT2D eigenvalue weighted by atomic mass is 10.1. The lowest BCUT2D eigenvalue weighted by Gasteiger charge is -2.29. The second-order valence-corrected chi connectivity index (χ2v) is 5.03. The van der Waals surface area contributed by atoms with E-state index in [9.17, 15) is 9.18 Å². The number of likely N-dealkylation sites (tertiary alicyclic amines) is 1. The Balaban J connectivity index is 2.08. The van der Waals surface area contributed by atoms with E-state index in [0.29, 0.717) is 5.69 Å². The number of halogens is 1. The smallest absolute Gasteiger partial charge is 0.244 e. The molecular weight excluding hydrogens is 257 g/mol. The Kier molecular flexibility index (Phi) is 4.57. The fourth-order valence-corrected chi connectivity index (χ4v) is 2.44. The summed E-state index contributed by atoms with van der Waals surface area (Å²) >= 11 is 0. The first-order valence-corrected chi connectivity index (χ1v) is 6.87. The van der Waals surface area contributed by atoms with Gasteiger partial charge < -0.3 is 10.2 Å². The van der Waals surface area contributed by atoms with Crippen molar-refractivity contribution in [1.29, 1.82) is 5.26 Å². The van der Waals surface area contributed by atoms with Crippen molar-refractivity contribution in [2.75, 3.05) is 18.4 Å². The maximum Gasteiger partial charge on any atom is 0.244 e. The number of rotatable bonds is 3. The molecule has 1 N–H and O–H groups in total.